The fourth-order valence-corrected chi connectivity index (χ4v) is 3.40. The van der Waals surface area contributed by atoms with Crippen molar-refractivity contribution in [1.29, 1.82) is 0 Å². The van der Waals surface area contributed by atoms with E-state index in [4.69, 9.17) is 0 Å². The molecule has 0 unspecified atom stereocenters. The lowest BCUT2D eigenvalue weighted by molar-refractivity contribution is 0.585. The summed E-state index contributed by atoms with van der Waals surface area (Å²) in [7, 11) is 0. The summed E-state index contributed by atoms with van der Waals surface area (Å²) in [6, 6.07) is 3.40. The van der Waals surface area contributed by atoms with E-state index in [9.17, 15) is 8.78 Å². The van der Waals surface area contributed by atoms with E-state index in [2.05, 4.69) is 34.5 Å². The van der Waals surface area contributed by atoms with Crippen LogP contribution < -0.4 is 10.6 Å². The van der Waals surface area contributed by atoms with Crippen LogP contribution in [0.5, 0.6) is 0 Å². The van der Waals surface area contributed by atoms with Gasteiger partial charge >= 0.3 is 0 Å². The molecule has 0 fully saturated rings. The largest absolute Gasteiger partial charge is 0.357 e. The van der Waals surface area contributed by atoms with Gasteiger partial charge in [-0.1, -0.05) is 6.92 Å². The minimum Gasteiger partial charge on any atom is -0.357 e. The third-order valence-electron chi connectivity index (χ3n) is 3.66. The molecular weight excluding hydrogens is 342 g/mol. The molecular formula is C18H24F2N4S. The molecule has 4 nitrogen and oxygen atoms in total. The molecule has 0 bridgehead atoms. The van der Waals surface area contributed by atoms with Gasteiger partial charge in [-0.3, -0.25) is 0 Å². The van der Waals surface area contributed by atoms with Crippen molar-refractivity contribution >= 4 is 17.3 Å². The van der Waals surface area contributed by atoms with Crippen LogP contribution in [-0.4, -0.2) is 24.0 Å². The van der Waals surface area contributed by atoms with Gasteiger partial charge < -0.3 is 10.6 Å². The van der Waals surface area contributed by atoms with Crippen molar-refractivity contribution in [1.82, 2.24) is 15.6 Å². The van der Waals surface area contributed by atoms with Crippen LogP contribution in [0.25, 0.3) is 0 Å². The first kappa shape index (κ1) is 19.3. The van der Waals surface area contributed by atoms with E-state index in [0.29, 0.717) is 19.0 Å². The van der Waals surface area contributed by atoms with Gasteiger partial charge in [-0.05, 0) is 38.5 Å². The van der Waals surface area contributed by atoms with E-state index in [1.54, 1.807) is 11.3 Å². The summed E-state index contributed by atoms with van der Waals surface area (Å²) in [4.78, 5) is 10.2. The van der Waals surface area contributed by atoms with Crippen LogP contribution in [0.3, 0.4) is 0 Å². The van der Waals surface area contributed by atoms with Crippen molar-refractivity contribution in [3.8, 4) is 0 Å². The number of thiazole rings is 1. The highest BCUT2D eigenvalue weighted by molar-refractivity contribution is 7.11. The van der Waals surface area contributed by atoms with Gasteiger partial charge in [0.25, 0.3) is 0 Å². The fourth-order valence-electron chi connectivity index (χ4n) is 2.38. The molecule has 0 aliphatic carbocycles. The first-order chi connectivity index (χ1) is 12.0. The summed E-state index contributed by atoms with van der Waals surface area (Å²) in [5.74, 6) is -0.336. The standard InChI is InChI=1S/C18H24F2N4S/c1-4-16-12(3)25-17(24-16)8-9-22-18(21-5-2)23-11-13-10-14(19)6-7-15(13)20/h6-7,10H,4-5,8-9,11H2,1-3H3,(H2,21,22,23). The first-order valence-electron chi connectivity index (χ1n) is 8.44. The van der Waals surface area contributed by atoms with Crippen LogP contribution in [-0.2, 0) is 19.4 Å². The van der Waals surface area contributed by atoms with Crippen LogP contribution in [0.2, 0.25) is 0 Å². The second-order valence-electron chi connectivity index (χ2n) is 5.57. The maximum absolute atomic E-state index is 13.7. The summed E-state index contributed by atoms with van der Waals surface area (Å²) < 4.78 is 26.9. The van der Waals surface area contributed by atoms with Crippen LogP contribution in [0, 0.1) is 18.6 Å². The van der Waals surface area contributed by atoms with Crippen molar-refractivity contribution in [3.63, 3.8) is 0 Å². The maximum Gasteiger partial charge on any atom is 0.191 e. The zero-order valence-electron chi connectivity index (χ0n) is 14.8. The average molecular weight is 366 g/mol. The van der Waals surface area contributed by atoms with E-state index in [0.717, 1.165) is 35.7 Å². The lowest BCUT2D eigenvalue weighted by atomic mass is 10.2. The highest BCUT2D eigenvalue weighted by atomic mass is 32.1. The second kappa shape index (κ2) is 9.46. The van der Waals surface area contributed by atoms with Crippen molar-refractivity contribution in [2.75, 3.05) is 13.1 Å². The van der Waals surface area contributed by atoms with Gasteiger partial charge in [-0.15, -0.1) is 11.3 Å². The number of hydrogen-bond donors (Lipinski definition) is 2. The summed E-state index contributed by atoms with van der Waals surface area (Å²) >= 11 is 1.72. The predicted octanol–water partition coefficient (Wildman–Crippen LogP) is 3.59. The number of benzene rings is 1. The Morgan fingerprint density at radius 2 is 2.04 bits per heavy atom. The Morgan fingerprint density at radius 3 is 2.72 bits per heavy atom. The summed E-state index contributed by atoms with van der Waals surface area (Å²) in [6.07, 6.45) is 1.74. The molecule has 1 heterocycles. The predicted molar refractivity (Wildman–Crippen MR) is 99.1 cm³/mol. The molecule has 0 aliphatic rings. The first-order valence-corrected chi connectivity index (χ1v) is 9.26. The number of nitrogens with one attached hydrogen (secondary N) is 2. The molecule has 2 aromatic rings. The fraction of sp³-hybridized carbons (Fsp3) is 0.444. The molecule has 7 heteroatoms. The van der Waals surface area contributed by atoms with E-state index < -0.39 is 11.6 Å². The van der Waals surface area contributed by atoms with Crippen molar-refractivity contribution in [3.05, 3.63) is 51.0 Å². The van der Waals surface area contributed by atoms with Gasteiger partial charge in [-0.25, -0.2) is 18.8 Å². The Bertz CT molecular complexity index is 728. The molecule has 0 atom stereocenters. The molecule has 136 valence electrons. The molecule has 0 aliphatic heterocycles. The molecule has 0 amide bonds. The lowest BCUT2D eigenvalue weighted by Gasteiger charge is -2.11. The third-order valence-corrected chi connectivity index (χ3v) is 4.74. The molecule has 0 spiro atoms. The number of nitrogens with zero attached hydrogens (tertiary/aromatic N) is 2. The Morgan fingerprint density at radius 1 is 1.24 bits per heavy atom. The van der Waals surface area contributed by atoms with Gasteiger partial charge in [-0.2, -0.15) is 0 Å². The zero-order chi connectivity index (χ0) is 18.2. The number of hydrogen-bond acceptors (Lipinski definition) is 3. The number of halogens is 2. The summed E-state index contributed by atoms with van der Waals surface area (Å²) in [5.41, 5.74) is 1.39. The van der Waals surface area contributed by atoms with Crippen LogP contribution in [0.1, 0.15) is 35.0 Å². The van der Waals surface area contributed by atoms with Gasteiger partial charge in [0.05, 0.1) is 17.2 Å². The van der Waals surface area contributed by atoms with Crippen molar-refractivity contribution in [2.45, 2.75) is 40.2 Å². The van der Waals surface area contributed by atoms with Gasteiger partial charge in [0, 0.05) is 30.0 Å². The smallest absolute Gasteiger partial charge is 0.191 e. The van der Waals surface area contributed by atoms with Crippen molar-refractivity contribution in [2.24, 2.45) is 4.99 Å². The van der Waals surface area contributed by atoms with Crippen LogP contribution >= 0.6 is 11.3 Å². The second-order valence-corrected chi connectivity index (χ2v) is 6.86. The number of aryl methyl sites for hydroxylation is 2. The molecule has 1 aromatic carbocycles. The number of guanidine groups is 1. The quantitative estimate of drug-likeness (QED) is 0.582. The normalized spacial score (nSPS) is 11.6. The van der Waals surface area contributed by atoms with E-state index >= 15 is 0 Å². The molecule has 0 saturated carbocycles. The number of aromatic nitrogens is 1. The minimum absolute atomic E-state index is 0.0786. The number of rotatable bonds is 7. The molecule has 25 heavy (non-hydrogen) atoms. The highest BCUT2D eigenvalue weighted by Crippen LogP contribution is 2.18. The van der Waals surface area contributed by atoms with Crippen molar-refractivity contribution < 1.29 is 8.78 Å². The Balaban J connectivity index is 1.94. The van der Waals surface area contributed by atoms with Gasteiger partial charge in [0.15, 0.2) is 5.96 Å². The molecule has 0 saturated heterocycles. The zero-order valence-corrected chi connectivity index (χ0v) is 15.6. The Kier molecular flexibility index (Phi) is 7.31. The number of aliphatic imine (C=N–C) groups is 1. The van der Waals surface area contributed by atoms with E-state index in [1.165, 1.54) is 10.9 Å². The van der Waals surface area contributed by atoms with Crippen LogP contribution in [0.15, 0.2) is 23.2 Å². The molecule has 1 aromatic heterocycles. The van der Waals surface area contributed by atoms with E-state index in [1.807, 2.05) is 6.92 Å². The summed E-state index contributed by atoms with van der Waals surface area (Å²) in [6.45, 7) is 7.59. The molecule has 2 rings (SSSR count). The molecule has 0 radical (unpaired) electrons. The van der Waals surface area contributed by atoms with Gasteiger partial charge in [0.1, 0.15) is 11.6 Å². The minimum atomic E-state index is -0.463. The average Bonchev–Trinajstić information content (AvgIpc) is 2.95. The van der Waals surface area contributed by atoms with Crippen LogP contribution in [0.4, 0.5) is 8.78 Å². The maximum atomic E-state index is 13.7. The monoisotopic (exact) mass is 366 g/mol. The Hall–Kier alpha value is -2.02. The summed E-state index contributed by atoms with van der Waals surface area (Å²) in [5, 5.41) is 7.41. The lowest BCUT2D eigenvalue weighted by Crippen LogP contribution is -2.38. The SMILES string of the molecule is CCNC(=NCc1cc(F)ccc1F)NCCc1nc(CC)c(C)s1. The molecule has 2 N–H and O–H groups in total. The van der Waals surface area contributed by atoms with Gasteiger partial charge in [0.2, 0.25) is 0 Å². The topological polar surface area (TPSA) is 49.3 Å². The van der Waals surface area contributed by atoms with E-state index in [-0.39, 0.29) is 12.1 Å². The Labute approximate surface area is 151 Å². The third kappa shape index (κ3) is 5.77. The highest BCUT2D eigenvalue weighted by Gasteiger charge is 2.07.